The van der Waals surface area contributed by atoms with Gasteiger partial charge in [-0.3, -0.25) is 0 Å². The Balaban J connectivity index is 1.92. The lowest BCUT2D eigenvalue weighted by molar-refractivity contribution is -0.132. The lowest BCUT2D eigenvalue weighted by Crippen LogP contribution is -2.21. The number of hydrogen-bond donors (Lipinski definition) is 1. The fraction of sp³-hybridized carbons (Fsp3) is 0.192. The van der Waals surface area contributed by atoms with E-state index < -0.39 is 11.6 Å². The van der Waals surface area contributed by atoms with Gasteiger partial charge in [-0.2, -0.15) is 5.26 Å². The minimum atomic E-state index is -1.26. The summed E-state index contributed by atoms with van der Waals surface area (Å²) in [5.41, 5.74) is 3.61. The molecular formula is C26H24N2O4. The Labute approximate surface area is 186 Å². The molecule has 0 saturated carbocycles. The minimum absolute atomic E-state index is 0.332. The number of aliphatic carboxylic acids is 1. The Hall–Kier alpha value is -4.11. The van der Waals surface area contributed by atoms with Crippen LogP contribution in [0.15, 0.2) is 57.2 Å². The third-order valence-corrected chi connectivity index (χ3v) is 5.37. The lowest BCUT2D eigenvalue weighted by atomic mass is 10.0. The van der Waals surface area contributed by atoms with Gasteiger partial charge in [-0.1, -0.05) is 30.3 Å². The van der Waals surface area contributed by atoms with Crippen LogP contribution in [0.25, 0.3) is 29.2 Å². The summed E-state index contributed by atoms with van der Waals surface area (Å²) in [6.07, 6.45) is 4.83. The zero-order valence-corrected chi connectivity index (χ0v) is 18.3. The first-order valence-corrected chi connectivity index (χ1v) is 10.3. The van der Waals surface area contributed by atoms with Crippen LogP contribution in [0.4, 0.5) is 5.69 Å². The molecule has 6 nitrogen and oxygen atoms in total. The zero-order valence-electron chi connectivity index (χ0n) is 18.3. The summed E-state index contributed by atoms with van der Waals surface area (Å²) in [5.74, 6) is -1.26. The van der Waals surface area contributed by atoms with Gasteiger partial charge in [0, 0.05) is 30.2 Å². The number of fused-ring (bicyclic) bond motifs is 1. The molecule has 3 aromatic rings. The predicted octanol–water partition coefficient (Wildman–Crippen LogP) is 5.11. The molecule has 1 aromatic heterocycles. The average Bonchev–Trinajstić information content (AvgIpc) is 2.78. The number of benzene rings is 2. The summed E-state index contributed by atoms with van der Waals surface area (Å²) in [5, 5.41) is 18.7. The van der Waals surface area contributed by atoms with Crippen molar-refractivity contribution in [3.05, 3.63) is 80.7 Å². The Kier molecular flexibility index (Phi) is 6.91. The highest BCUT2D eigenvalue weighted by molar-refractivity contribution is 5.96. The number of carbonyl (C=O) groups is 1. The molecule has 3 rings (SSSR count). The van der Waals surface area contributed by atoms with Crippen LogP contribution in [0.2, 0.25) is 0 Å². The van der Waals surface area contributed by atoms with Crippen molar-refractivity contribution in [3.8, 4) is 6.07 Å². The maximum absolute atomic E-state index is 12.6. The van der Waals surface area contributed by atoms with Crippen LogP contribution in [0.3, 0.4) is 0 Å². The Morgan fingerprint density at radius 3 is 2.34 bits per heavy atom. The van der Waals surface area contributed by atoms with Gasteiger partial charge in [0.25, 0.3) is 0 Å². The van der Waals surface area contributed by atoms with Crippen LogP contribution in [0, 0.1) is 18.3 Å². The van der Waals surface area contributed by atoms with Crippen LogP contribution in [0.5, 0.6) is 0 Å². The fourth-order valence-corrected chi connectivity index (χ4v) is 3.53. The lowest BCUT2D eigenvalue weighted by Gasteiger charge is -2.21. The molecule has 2 aromatic carbocycles. The molecule has 0 aliphatic heterocycles. The molecule has 1 N–H and O–H groups in total. The van der Waals surface area contributed by atoms with E-state index in [2.05, 4.69) is 18.7 Å². The quantitative estimate of drug-likeness (QED) is 0.319. The van der Waals surface area contributed by atoms with E-state index in [-0.39, 0.29) is 5.57 Å². The molecule has 0 atom stereocenters. The van der Waals surface area contributed by atoms with Crippen LogP contribution < -0.4 is 10.5 Å². The smallest absolute Gasteiger partial charge is 0.346 e. The van der Waals surface area contributed by atoms with Crippen molar-refractivity contribution in [2.75, 3.05) is 18.0 Å². The maximum Gasteiger partial charge on any atom is 0.346 e. The van der Waals surface area contributed by atoms with E-state index in [9.17, 15) is 9.59 Å². The number of hydrogen-bond acceptors (Lipinski definition) is 5. The molecule has 0 amide bonds. The van der Waals surface area contributed by atoms with E-state index in [1.165, 1.54) is 6.08 Å². The van der Waals surface area contributed by atoms with Crippen LogP contribution in [-0.2, 0) is 4.79 Å². The van der Waals surface area contributed by atoms with Crippen molar-refractivity contribution in [1.82, 2.24) is 0 Å². The average molecular weight is 428 g/mol. The van der Waals surface area contributed by atoms with Gasteiger partial charge in [0.05, 0.1) is 5.56 Å². The van der Waals surface area contributed by atoms with Gasteiger partial charge >= 0.3 is 11.6 Å². The topological polar surface area (TPSA) is 94.5 Å². The van der Waals surface area contributed by atoms with Gasteiger partial charge in [-0.25, -0.2) is 9.59 Å². The van der Waals surface area contributed by atoms with E-state index in [4.69, 9.17) is 14.8 Å². The second-order valence-electron chi connectivity index (χ2n) is 7.26. The van der Waals surface area contributed by atoms with Crippen LogP contribution >= 0.6 is 0 Å². The number of carboxylic acids is 1. The summed E-state index contributed by atoms with van der Waals surface area (Å²) in [6, 6.07) is 14.6. The molecule has 0 aliphatic rings. The molecule has 1 heterocycles. The summed E-state index contributed by atoms with van der Waals surface area (Å²) in [4.78, 5) is 25.8. The van der Waals surface area contributed by atoms with E-state index in [1.54, 1.807) is 42.5 Å². The number of nitriles is 1. The van der Waals surface area contributed by atoms with Crippen molar-refractivity contribution in [2.24, 2.45) is 0 Å². The first kappa shape index (κ1) is 22.6. The number of aryl methyl sites for hydroxylation is 1. The second kappa shape index (κ2) is 9.80. The van der Waals surface area contributed by atoms with Crippen molar-refractivity contribution in [2.45, 2.75) is 20.8 Å². The number of rotatable bonds is 7. The SMILES string of the molecule is CCN(CC)c1ccc2c(C)c(/C=C/c3ccc(/C=C(/C#N)C(=O)O)cc3)c(=O)oc2c1. The molecule has 0 fully saturated rings. The van der Waals surface area contributed by atoms with Crippen LogP contribution in [-0.4, -0.2) is 24.2 Å². The molecule has 0 saturated heterocycles. The summed E-state index contributed by atoms with van der Waals surface area (Å²) in [7, 11) is 0. The van der Waals surface area contributed by atoms with E-state index in [0.29, 0.717) is 16.7 Å². The third kappa shape index (κ3) is 4.79. The van der Waals surface area contributed by atoms with Gasteiger partial charge in [-0.15, -0.1) is 0 Å². The molecule has 32 heavy (non-hydrogen) atoms. The first-order chi connectivity index (χ1) is 15.4. The first-order valence-electron chi connectivity index (χ1n) is 10.3. The highest BCUT2D eigenvalue weighted by atomic mass is 16.4. The molecule has 162 valence electrons. The predicted molar refractivity (Wildman–Crippen MR) is 127 cm³/mol. The van der Waals surface area contributed by atoms with Crippen molar-refractivity contribution < 1.29 is 14.3 Å². The van der Waals surface area contributed by atoms with E-state index in [0.717, 1.165) is 35.3 Å². The molecule has 0 radical (unpaired) electrons. The molecule has 0 unspecified atom stereocenters. The van der Waals surface area contributed by atoms with Crippen LogP contribution in [0.1, 0.15) is 36.1 Å². The number of nitrogens with zero attached hydrogens (tertiary/aromatic N) is 2. The van der Waals surface area contributed by atoms with Crippen molar-refractivity contribution >= 4 is 40.9 Å². The Morgan fingerprint density at radius 1 is 1.09 bits per heavy atom. The molecule has 0 bridgehead atoms. The highest BCUT2D eigenvalue weighted by Gasteiger charge is 2.11. The van der Waals surface area contributed by atoms with Gasteiger partial charge in [0.15, 0.2) is 0 Å². The highest BCUT2D eigenvalue weighted by Crippen LogP contribution is 2.26. The van der Waals surface area contributed by atoms with Gasteiger partial charge in [0.1, 0.15) is 17.2 Å². The van der Waals surface area contributed by atoms with Crippen molar-refractivity contribution in [1.29, 1.82) is 5.26 Å². The monoisotopic (exact) mass is 428 g/mol. The molecular weight excluding hydrogens is 404 g/mol. The van der Waals surface area contributed by atoms with Gasteiger partial charge in [-0.05, 0) is 61.7 Å². The van der Waals surface area contributed by atoms with Crippen molar-refractivity contribution in [3.63, 3.8) is 0 Å². The Morgan fingerprint density at radius 2 is 1.75 bits per heavy atom. The number of carboxylic acid groups (broad SMARTS) is 1. The molecule has 0 spiro atoms. The molecule has 0 aliphatic carbocycles. The largest absolute Gasteiger partial charge is 0.477 e. The summed E-state index contributed by atoms with van der Waals surface area (Å²) >= 11 is 0. The maximum atomic E-state index is 12.6. The van der Waals surface area contributed by atoms with Gasteiger partial charge in [0.2, 0.25) is 0 Å². The third-order valence-electron chi connectivity index (χ3n) is 5.37. The number of anilines is 1. The second-order valence-corrected chi connectivity index (χ2v) is 7.26. The fourth-order valence-electron chi connectivity index (χ4n) is 3.53. The van der Waals surface area contributed by atoms with E-state index in [1.807, 2.05) is 25.1 Å². The normalized spacial score (nSPS) is 11.6. The standard InChI is InChI=1S/C26H24N2O4/c1-4-28(5-2)21-11-13-22-17(3)23(26(31)32-24(22)15-21)12-10-18-6-8-19(9-7-18)14-20(16-27)25(29)30/h6-15H,4-5H2,1-3H3,(H,29,30)/b12-10+,20-14-. The van der Waals surface area contributed by atoms with E-state index >= 15 is 0 Å². The Bertz CT molecular complexity index is 1300. The molecule has 6 heteroatoms. The zero-order chi connectivity index (χ0) is 23.3. The van der Waals surface area contributed by atoms with Gasteiger partial charge < -0.3 is 14.4 Å². The minimum Gasteiger partial charge on any atom is -0.477 e. The summed E-state index contributed by atoms with van der Waals surface area (Å²) < 4.78 is 5.61. The summed E-state index contributed by atoms with van der Waals surface area (Å²) in [6.45, 7) is 7.81.